The van der Waals surface area contributed by atoms with Crippen LogP contribution in [0.3, 0.4) is 0 Å². The minimum atomic E-state index is -0.205. The van der Waals surface area contributed by atoms with Crippen LogP contribution < -0.4 is 10.1 Å². The van der Waals surface area contributed by atoms with E-state index in [-0.39, 0.29) is 5.91 Å². The summed E-state index contributed by atoms with van der Waals surface area (Å²) in [5.74, 6) is 0.365. The molecule has 0 aromatic carbocycles. The Kier molecular flexibility index (Phi) is 4.06. The number of thioether (sulfide) groups is 1. The standard InChI is InChI=1S/C15H15N3O2S/c1-21-15-12(3-2-8-16-15)18-14(19)10-4-7-13(17-9-10)20-11-5-6-11/h2-4,7-9,11H,5-6H2,1H3,(H,18,19). The Bertz CT molecular complexity index is 642. The van der Waals surface area contributed by atoms with Gasteiger partial charge in [0.1, 0.15) is 11.1 Å². The van der Waals surface area contributed by atoms with Gasteiger partial charge in [-0.25, -0.2) is 9.97 Å². The minimum absolute atomic E-state index is 0.205. The molecular weight excluding hydrogens is 286 g/mol. The van der Waals surface area contributed by atoms with Gasteiger partial charge in [0, 0.05) is 18.5 Å². The molecule has 0 atom stereocenters. The first kappa shape index (κ1) is 13.9. The Morgan fingerprint density at radius 1 is 1.33 bits per heavy atom. The largest absolute Gasteiger partial charge is 0.474 e. The van der Waals surface area contributed by atoms with Crippen molar-refractivity contribution in [3.8, 4) is 5.88 Å². The Morgan fingerprint density at radius 2 is 2.19 bits per heavy atom. The molecule has 5 nitrogen and oxygen atoms in total. The van der Waals surface area contributed by atoms with Crippen molar-refractivity contribution in [2.45, 2.75) is 24.0 Å². The third-order valence-corrected chi connectivity index (χ3v) is 3.74. The fourth-order valence-electron chi connectivity index (χ4n) is 1.78. The van der Waals surface area contributed by atoms with E-state index in [0.29, 0.717) is 23.2 Å². The van der Waals surface area contributed by atoms with Gasteiger partial charge in [0.15, 0.2) is 0 Å². The number of rotatable bonds is 5. The molecular formula is C15H15N3O2S. The number of carbonyl (C=O) groups excluding carboxylic acids is 1. The Labute approximate surface area is 127 Å². The van der Waals surface area contributed by atoms with Crippen molar-refractivity contribution >= 4 is 23.4 Å². The molecule has 1 aliphatic rings. The zero-order valence-corrected chi connectivity index (χ0v) is 12.4. The Hall–Kier alpha value is -2.08. The second-order valence-corrected chi connectivity index (χ2v) is 5.51. The summed E-state index contributed by atoms with van der Waals surface area (Å²) in [5, 5.41) is 3.63. The zero-order chi connectivity index (χ0) is 14.7. The molecule has 21 heavy (non-hydrogen) atoms. The van der Waals surface area contributed by atoms with Crippen LogP contribution in [0.5, 0.6) is 5.88 Å². The highest BCUT2D eigenvalue weighted by Crippen LogP contribution is 2.26. The predicted molar refractivity (Wildman–Crippen MR) is 81.9 cm³/mol. The van der Waals surface area contributed by atoms with Gasteiger partial charge in [0.2, 0.25) is 5.88 Å². The van der Waals surface area contributed by atoms with Crippen molar-refractivity contribution < 1.29 is 9.53 Å². The van der Waals surface area contributed by atoms with E-state index in [1.165, 1.54) is 18.0 Å². The van der Waals surface area contributed by atoms with E-state index in [1.54, 1.807) is 24.4 Å². The van der Waals surface area contributed by atoms with E-state index < -0.39 is 0 Å². The first-order valence-corrected chi connectivity index (χ1v) is 7.92. The molecule has 1 N–H and O–H groups in total. The summed E-state index contributed by atoms with van der Waals surface area (Å²) in [7, 11) is 0. The molecule has 0 aliphatic heterocycles. The summed E-state index contributed by atoms with van der Waals surface area (Å²) in [6.07, 6.45) is 7.63. The highest BCUT2D eigenvalue weighted by Gasteiger charge is 2.24. The highest BCUT2D eigenvalue weighted by atomic mass is 32.2. The minimum Gasteiger partial charge on any atom is -0.474 e. The monoisotopic (exact) mass is 301 g/mol. The predicted octanol–water partition coefficient (Wildman–Crippen LogP) is 2.99. The van der Waals surface area contributed by atoms with Crippen LogP contribution in [-0.2, 0) is 0 Å². The van der Waals surface area contributed by atoms with Crippen LogP contribution in [0.2, 0.25) is 0 Å². The van der Waals surface area contributed by atoms with E-state index in [1.807, 2.05) is 12.3 Å². The number of pyridine rings is 2. The van der Waals surface area contributed by atoms with E-state index in [0.717, 1.165) is 17.9 Å². The molecule has 0 radical (unpaired) electrons. The van der Waals surface area contributed by atoms with Gasteiger partial charge in [-0.3, -0.25) is 4.79 Å². The second-order valence-electron chi connectivity index (χ2n) is 4.72. The van der Waals surface area contributed by atoms with Crippen molar-refractivity contribution in [3.63, 3.8) is 0 Å². The van der Waals surface area contributed by atoms with Crippen LogP contribution in [0, 0.1) is 0 Å². The smallest absolute Gasteiger partial charge is 0.257 e. The van der Waals surface area contributed by atoms with Crippen molar-refractivity contribution in [1.82, 2.24) is 9.97 Å². The number of carbonyl (C=O) groups is 1. The molecule has 1 saturated carbocycles. The molecule has 0 bridgehead atoms. The van der Waals surface area contributed by atoms with E-state index in [2.05, 4.69) is 15.3 Å². The molecule has 0 saturated heterocycles. The zero-order valence-electron chi connectivity index (χ0n) is 11.6. The first-order chi connectivity index (χ1) is 10.3. The van der Waals surface area contributed by atoms with E-state index in [4.69, 9.17) is 4.74 Å². The molecule has 1 fully saturated rings. The summed E-state index contributed by atoms with van der Waals surface area (Å²) in [6, 6.07) is 7.07. The van der Waals surface area contributed by atoms with Gasteiger partial charge in [-0.1, -0.05) is 0 Å². The maximum Gasteiger partial charge on any atom is 0.257 e. The van der Waals surface area contributed by atoms with E-state index >= 15 is 0 Å². The molecule has 1 amide bonds. The second kappa shape index (κ2) is 6.13. The SMILES string of the molecule is CSc1ncccc1NC(=O)c1ccc(OC2CC2)nc1. The van der Waals surface area contributed by atoms with Crippen molar-refractivity contribution in [2.75, 3.05) is 11.6 Å². The topological polar surface area (TPSA) is 64.1 Å². The maximum absolute atomic E-state index is 12.2. The normalized spacial score (nSPS) is 13.8. The molecule has 2 aromatic rings. The number of nitrogens with one attached hydrogen (secondary N) is 1. The molecule has 0 spiro atoms. The van der Waals surface area contributed by atoms with Gasteiger partial charge < -0.3 is 10.1 Å². The average molecular weight is 301 g/mol. The number of hydrogen-bond acceptors (Lipinski definition) is 5. The Morgan fingerprint density at radius 3 is 2.86 bits per heavy atom. The molecule has 108 valence electrons. The molecule has 2 heterocycles. The number of hydrogen-bond donors (Lipinski definition) is 1. The lowest BCUT2D eigenvalue weighted by atomic mass is 10.2. The van der Waals surface area contributed by atoms with Crippen LogP contribution in [0.4, 0.5) is 5.69 Å². The fraction of sp³-hybridized carbons (Fsp3) is 0.267. The highest BCUT2D eigenvalue weighted by molar-refractivity contribution is 7.98. The summed E-state index contributed by atoms with van der Waals surface area (Å²) in [6.45, 7) is 0. The van der Waals surface area contributed by atoms with Crippen LogP contribution in [0.15, 0.2) is 41.7 Å². The fourth-order valence-corrected chi connectivity index (χ4v) is 2.29. The first-order valence-electron chi connectivity index (χ1n) is 6.69. The third kappa shape index (κ3) is 3.52. The molecule has 0 unspecified atom stereocenters. The third-order valence-electron chi connectivity index (χ3n) is 3.02. The van der Waals surface area contributed by atoms with Gasteiger partial charge in [-0.05, 0) is 37.3 Å². The lowest BCUT2D eigenvalue weighted by Gasteiger charge is -2.08. The van der Waals surface area contributed by atoms with Crippen molar-refractivity contribution in [3.05, 3.63) is 42.2 Å². The summed E-state index contributed by atoms with van der Waals surface area (Å²) >= 11 is 1.49. The van der Waals surface area contributed by atoms with Crippen LogP contribution in [0.1, 0.15) is 23.2 Å². The van der Waals surface area contributed by atoms with Gasteiger partial charge in [0.25, 0.3) is 5.91 Å². The number of nitrogens with zero attached hydrogens (tertiary/aromatic N) is 2. The van der Waals surface area contributed by atoms with Crippen molar-refractivity contribution in [2.24, 2.45) is 0 Å². The van der Waals surface area contributed by atoms with Gasteiger partial charge in [-0.2, -0.15) is 0 Å². The average Bonchev–Trinajstić information content (AvgIpc) is 3.32. The van der Waals surface area contributed by atoms with Crippen LogP contribution in [-0.4, -0.2) is 28.2 Å². The quantitative estimate of drug-likeness (QED) is 0.860. The van der Waals surface area contributed by atoms with Gasteiger partial charge in [0.05, 0.1) is 11.3 Å². The number of ether oxygens (including phenoxy) is 1. The van der Waals surface area contributed by atoms with Gasteiger partial charge >= 0.3 is 0 Å². The Balaban J connectivity index is 1.69. The van der Waals surface area contributed by atoms with Gasteiger partial charge in [-0.15, -0.1) is 11.8 Å². The molecule has 3 rings (SSSR count). The lowest BCUT2D eigenvalue weighted by molar-refractivity contribution is 0.102. The molecule has 2 aromatic heterocycles. The van der Waals surface area contributed by atoms with Crippen LogP contribution in [0.25, 0.3) is 0 Å². The summed E-state index contributed by atoms with van der Waals surface area (Å²) < 4.78 is 5.56. The maximum atomic E-state index is 12.2. The summed E-state index contributed by atoms with van der Waals surface area (Å²) in [4.78, 5) is 20.6. The summed E-state index contributed by atoms with van der Waals surface area (Å²) in [5.41, 5.74) is 1.20. The number of amides is 1. The lowest BCUT2D eigenvalue weighted by Crippen LogP contribution is -2.13. The number of anilines is 1. The number of aromatic nitrogens is 2. The van der Waals surface area contributed by atoms with E-state index in [9.17, 15) is 4.79 Å². The molecule has 6 heteroatoms. The van der Waals surface area contributed by atoms with Crippen LogP contribution >= 0.6 is 11.8 Å². The van der Waals surface area contributed by atoms with Crippen molar-refractivity contribution in [1.29, 1.82) is 0 Å². The molecule has 1 aliphatic carbocycles.